The van der Waals surface area contributed by atoms with Crippen LogP contribution in [0, 0.1) is 0 Å². The summed E-state index contributed by atoms with van der Waals surface area (Å²) in [6.07, 6.45) is 0. The lowest BCUT2D eigenvalue weighted by Gasteiger charge is -2.26. The second-order valence-electron chi connectivity index (χ2n) is 14.8. The van der Waals surface area contributed by atoms with Crippen LogP contribution in [0.3, 0.4) is 0 Å². The van der Waals surface area contributed by atoms with E-state index in [0.717, 1.165) is 39.0 Å². The maximum Gasteiger partial charge on any atom is 0.159 e. The van der Waals surface area contributed by atoms with Crippen LogP contribution in [0.1, 0.15) is 0 Å². The summed E-state index contributed by atoms with van der Waals surface area (Å²) in [4.78, 5) is 2.39. The predicted molar refractivity (Wildman–Crippen MR) is 250 cm³/mol. The van der Waals surface area contributed by atoms with Gasteiger partial charge < -0.3 is 9.32 Å². The highest BCUT2D eigenvalue weighted by Crippen LogP contribution is 2.49. The summed E-state index contributed by atoms with van der Waals surface area (Å²) >= 11 is 3.74. The Hall–Kier alpha value is -6.98. The van der Waals surface area contributed by atoms with Crippen molar-refractivity contribution in [2.75, 3.05) is 4.90 Å². The zero-order valence-corrected chi connectivity index (χ0v) is 32.9. The van der Waals surface area contributed by atoms with Crippen molar-refractivity contribution >= 4 is 102 Å². The second kappa shape index (κ2) is 13.3. The summed E-state index contributed by atoms with van der Waals surface area (Å²) in [5.74, 6) is 0. The smallest absolute Gasteiger partial charge is 0.159 e. The largest absolute Gasteiger partial charge is 0.454 e. The molecule has 0 aliphatic rings. The first-order valence-electron chi connectivity index (χ1n) is 19.6. The van der Waals surface area contributed by atoms with Crippen LogP contribution in [-0.2, 0) is 0 Å². The zero-order chi connectivity index (χ0) is 38.2. The molecule has 0 amide bonds. The summed E-state index contributed by atoms with van der Waals surface area (Å²) in [6.45, 7) is 0. The van der Waals surface area contributed by atoms with Gasteiger partial charge in [0.2, 0.25) is 0 Å². The number of benzene rings is 9. The molecule has 0 atom stereocenters. The highest BCUT2D eigenvalue weighted by Gasteiger charge is 2.23. The molecular weight excluding hydrogens is 743 g/mol. The molecule has 12 aromatic rings. The molecular formula is C54H33NOS2. The number of anilines is 3. The third-order valence-corrected chi connectivity index (χ3v) is 14.0. The van der Waals surface area contributed by atoms with E-state index in [2.05, 4.69) is 199 Å². The normalized spacial score (nSPS) is 11.8. The van der Waals surface area contributed by atoms with Crippen LogP contribution in [-0.4, -0.2) is 0 Å². The number of thiophene rings is 2. The molecule has 2 nitrogen and oxygen atoms in total. The fraction of sp³-hybridized carbons (Fsp3) is 0. The molecule has 3 heterocycles. The van der Waals surface area contributed by atoms with Gasteiger partial charge in [-0.05, 0) is 69.8 Å². The number of fused-ring (bicyclic) bond motifs is 9. The SMILES string of the molecule is c1ccc(-c2cccc3c2sc2c(N(c4ccc(-c5ccc(-c6cccc7c6sc6ccccc67)cc5)cc4)c4cccc5c4oc4ccccc45)cccc23)cc1. The van der Waals surface area contributed by atoms with Gasteiger partial charge in [-0.2, -0.15) is 0 Å². The summed E-state index contributed by atoms with van der Waals surface area (Å²) < 4.78 is 11.9. The van der Waals surface area contributed by atoms with Crippen molar-refractivity contribution in [1.29, 1.82) is 0 Å². The lowest BCUT2D eigenvalue weighted by Crippen LogP contribution is -2.10. The van der Waals surface area contributed by atoms with Crippen molar-refractivity contribution in [2.45, 2.75) is 0 Å². The maximum absolute atomic E-state index is 6.70. The van der Waals surface area contributed by atoms with Crippen LogP contribution >= 0.6 is 22.7 Å². The van der Waals surface area contributed by atoms with E-state index in [-0.39, 0.29) is 0 Å². The molecule has 9 aromatic carbocycles. The van der Waals surface area contributed by atoms with E-state index in [0.29, 0.717) is 0 Å². The van der Waals surface area contributed by atoms with Gasteiger partial charge in [0.1, 0.15) is 5.58 Å². The number of rotatable bonds is 6. The standard InChI is InChI=1S/C54H33NOS2/c1-2-12-36(13-3-1)39-16-9-20-45-46-21-11-23-48(54(46)58-53(39)45)55(47-22-10-18-43-41-14-4-6-24-49(41)56-51(43)47)38-32-30-35(31-33-38)34-26-28-37(29-27-34)40-17-8-19-44-42-15-5-7-25-50(42)57-52(40)44/h1-33H. The van der Waals surface area contributed by atoms with Crippen molar-refractivity contribution < 1.29 is 4.42 Å². The molecule has 4 heteroatoms. The fourth-order valence-corrected chi connectivity index (χ4v) is 11.3. The summed E-state index contributed by atoms with van der Waals surface area (Å²) in [5.41, 5.74) is 12.3. The van der Waals surface area contributed by atoms with Gasteiger partial charge in [0, 0.05) is 52.1 Å². The Morgan fingerprint density at radius 1 is 0.328 bits per heavy atom. The van der Waals surface area contributed by atoms with E-state index in [9.17, 15) is 0 Å². The molecule has 58 heavy (non-hydrogen) atoms. The molecule has 0 N–H and O–H groups in total. The first-order valence-corrected chi connectivity index (χ1v) is 21.2. The quantitative estimate of drug-likeness (QED) is 0.167. The van der Waals surface area contributed by atoms with E-state index in [1.807, 2.05) is 28.7 Å². The van der Waals surface area contributed by atoms with Crippen LogP contribution < -0.4 is 4.90 Å². The topological polar surface area (TPSA) is 16.4 Å². The Morgan fingerprint density at radius 2 is 0.845 bits per heavy atom. The average molecular weight is 776 g/mol. The summed E-state index contributed by atoms with van der Waals surface area (Å²) in [6, 6.07) is 72.4. The number of hydrogen-bond donors (Lipinski definition) is 0. The lowest BCUT2D eigenvalue weighted by atomic mass is 9.99. The highest BCUT2D eigenvalue weighted by atomic mass is 32.1. The van der Waals surface area contributed by atoms with E-state index < -0.39 is 0 Å². The Labute approximate surface area is 343 Å². The molecule has 12 rings (SSSR count). The van der Waals surface area contributed by atoms with E-state index in [1.54, 1.807) is 0 Å². The van der Waals surface area contributed by atoms with Gasteiger partial charge in [-0.25, -0.2) is 0 Å². The predicted octanol–water partition coefficient (Wildman–Crippen LogP) is 16.8. The van der Waals surface area contributed by atoms with Gasteiger partial charge in [-0.3, -0.25) is 0 Å². The first-order chi connectivity index (χ1) is 28.8. The van der Waals surface area contributed by atoms with Crippen molar-refractivity contribution in [3.05, 3.63) is 200 Å². The van der Waals surface area contributed by atoms with Gasteiger partial charge in [0.15, 0.2) is 5.58 Å². The number of hydrogen-bond acceptors (Lipinski definition) is 4. The minimum absolute atomic E-state index is 0.875. The number of nitrogens with zero attached hydrogens (tertiary/aromatic N) is 1. The van der Waals surface area contributed by atoms with Gasteiger partial charge in [0.25, 0.3) is 0 Å². The fourth-order valence-electron chi connectivity index (χ4n) is 8.76. The van der Waals surface area contributed by atoms with E-state index in [4.69, 9.17) is 4.42 Å². The third-order valence-electron chi connectivity index (χ3n) is 11.5. The average Bonchev–Trinajstić information content (AvgIpc) is 3.99. The van der Waals surface area contributed by atoms with E-state index >= 15 is 0 Å². The minimum Gasteiger partial charge on any atom is -0.454 e. The van der Waals surface area contributed by atoms with Gasteiger partial charge >= 0.3 is 0 Å². The lowest BCUT2D eigenvalue weighted by molar-refractivity contribution is 0.669. The van der Waals surface area contributed by atoms with Gasteiger partial charge in [-0.15, -0.1) is 22.7 Å². The molecule has 0 radical (unpaired) electrons. The van der Waals surface area contributed by atoms with E-state index in [1.165, 1.54) is 73.7 Å². The Kier molecular flexibility index (Phi) is 7.62. The van der Waals surface area contributed by atoms with Crippen LogP contribution in [0.15, 0.2) is 205 Å². The molecule has 272 valence electrons. The second-order valence-corrected chi connectivity index (χ2v) is 16.9. The molecule has 0 bridgehead atoms. The maximum atomic E-state index is 6.70. The Morgan fingerprint density at radius 3 is 1.60 bits per heavy atom. The zero-order valence-electron chi connectivity index (χ0n) is 31.2. The number of para-hydroxylation sites is 2. The molecule has 3 aromatic heterocycles. The van der Waals surface area contributed by atoms with Crippen molar-refractivity contribution in [2.24, 2.45) is 0 Å². The van der Waals surface area contributed by atoms with Gasteiger partial charge in [0.05, 0.1) is 16.1 Å². The molecule has 0 fully saturated rings. The summed E-state index contributed by atoms with van der Waals surface area (Å²) in [5, 5.41) is 7.40. The number of furan rings is 1. The highest BCUT2D eigenvalue weighted by molar-refractivity contribution is 7.27. The van der Waals surface area contributed by atoms with Gasteiger partial charge in [-0.1, -0.05) is 164 Å². The van der Waals surface area contributed by atoms with Crippen molar-refractivity contribution in [1.82, 2.24) is 0 Å². The Bertz CT molecular complexity index is 3500. The summed E-state index contributed by atoms with van der Waals surface area (Å²) in [7, 11) is 0. The molecule has 0 saturated heterocycles. The van der Waals surface area contributed by atoms with Crippen LogP contribution in [0.5, 0.6) is 0 Å². The molecule has 0 spiro atoms. The minimum atomic E-state index is 0.875. The van der Waals surface area contributed by atoms with Crippen LogP contribution in [0.25, 0.3) is 95.7 Å². The van der Waals surface area contributed by atoms with Crippen LogP contribution in [0.2, 0.25) is 0 Å². The molecule has 0 aliphatic heterocycles. The monoisotopic (exact) mass is 775 g/mol. The molecule has 0 saturated carbocycles. The Balaban J connectivity index is 0.992. The van der Waals surface area contributed by atoms with Crippen molar-refractivity contribution in [3.8, 4) is 33.4 Å². The van der Waals surface area contributed by atoms with Crippen molar-refractivity contribution in [3.63, 3.8) is 0 Å². The van der Waals surface area contributed by atoms with Crippen LogP contribution in [0.4, 0.5) is 17.1 Å². The first kappa shape index (κ1) is 33.2. The third kappa shape index (κ3) is 5.23. The molecule has 0 aliphatic carbocycles. The molecule has 0 unspecified atom stereocenters.